The fourth-order valence-corrected chi connectivity index (χ4v) is 3.13. The fourth-order valence-electron chi connectivity index (χ4n) is 3.13. The van der Waals surface area contributed by atoms with Crippen molar-refractivity contribution in [3.63, 3.8) is 0 Å². The van der Waals surface area contributed by atoms with Crippen molar-refractivity contribution < 1.29 is 14.3 Å². The molecule has 1 N–H and O–H groups in total. The summed E-state index contributed by atoms with van der Waals surface area (Å²) in [5.41, 5.74) is 2.10. The average Bonchev–Trinajstić information content (AvgIpc) is 2.90. The van der Waals surface area contributed by atoms with Gasteiger partial charge in [0.2, 0.25) is 0 Å². The van der Waals surface area contributed by atoms with Gasteiger partial charge in [-0.05, 0) is 91.0 Å². The molecular formula is C28H16N4O3. The largest absolute Gasteiger partial charge is 0.457 e. The molecule has 0 saturated heterocycles. The minimum Gasteiger partial charge on any atom is -0.457 e. The maximum Gasteiger partial charge on any atom is 0.255 e. The second kappa shape index (κ2) is 10.4. The molecule has 0 atom stereocenters. The van der Waals surface area contributed by atoms with Crippen LogP contribution in [-0.2, 0) is 0 Å². The molecule has 0 aromatic heterocycles. The van der Waals surface area contributed by atoms with Crippen LogP contribution in [0.25, 0.3) is 0 Å². The zero-order chi connectivity index (χ0) is 24.6. The molecule has 0 bridgehead atoms. The van der Waals surface area contributed by atoms with E-state index in [0.717, 1.165) is 0 Å². The molecule has 166 valence electrons. The Kier molecular flexibility index (Phi) is 6.69. The first-order valence-corrected chi connectivity index (χ1v) is 10.4. The van der Waals surface area contributed by atoms with Gasteiger partial charge in [-0.15, -0.1) is 0 Å². The number of nitrogens with zero attached hydrogens (tertiary/aromatic N) is 3. The molecule has 4 rings (SSSR count). The lowest BCUT2D eigenvalue weighted by Crippen LogP contribution is -2.11. The number of nitriles is 3. The number of ether oxygens (including phenoxy) is 2. The van der Waals surface area contributed by atoms with Gasteiger partial charge in [0.1, 0.15) is 35.1 Å². The summed E-state index contributed by atoms with van der Waals surface area (Å²) < 4.78 is 11.5. The van der Waals surface area contributed by atoms with Crippen LogP contribution in [0.4, 0.5) is 5.69 Å². The fraction of sp³-hybridized carbons (Fsp3) is 0. The van der Waals surface area contributed by atoms with Gasteiger partial charge in [-0.3, -0.25) is 4.79 Å². The number of amides is 1. The summed E-state index contributed by atoms with van der Waals surface area (Å²) in [5.74, 6) is 1.81. The molecular weight excluding hydrogens is 440 g/mol. The van der Waals surface area contributed by atoms with E-state index in [1.54, 1.807) is 78.9 Å². The highest BCUT2D eigenvalue weighted by Gasteiger charge is 2.09. The normalized spacial score (nSPS) is 9.74. The first kappa shape index (κ1) is 22.6. The van der Waals surface area contributed by atoms with Crippen LogP contribution in [0.5, 0.6) is 23.0 Å². The van der Waals surface area contributed by atoms with Gasteiger partial charge in [0.25, 0.3) is 5.91 Å². The van der Waals surface area contributed by atoms with Gasteiger partial charge in [0.15, 0.2) is 0 Å². The van der Waals surface area contributed by atoms with Crippen molar-refractivity contribution in [3.05, 3.63) is 113 Å². The monoisotopic (exact) mass is 456 g/mol. The smallest absolute Gasteiger partial charge is 0.255 e. The van der Waals surface area contributed by atoms with Crippen LogP contribution < -0.4 is 14.8 Å². The summed E-state index contributed by atoms with van der Waals surface area (Å²) in [6.07, 6.45) is 0. The molecule has 1 amide bonds. The lowest BCUT2D eigenvalue weighted by atomic mass is 10.1. The Hall–Kier alpha value is -5.58. The maximum atomic E-state index is 12.6. The molecule has 35 heavy (non-hydrogen) atoms. The Bertz CT molecular complexity index is 1490. The van der Waals surface area contributed by atoms with Gasteiger partial charge in [-0.1, -0.05) is 0 Å². The molecule has 4 aromatic rings. The van der Waals surface area contributed by atoms with E-state index in [-0.39, 0.29) is 17.0 Å². The highest BCUT2D eigenvalue weighted by molar-refractivity contribution is 6.04. The molecule has 7 heteroatoms. The van der Waals surface area contributed by atoms with Crippen molar-refractivity contribution in [2.24, 2.45) is 0 Å². The quantitative estimate of drug-likeness (QED) is 0.372. The van der Waals surface area contributed by atoms with Crippen LogP contribution in [0.15, 0.2) is 91.0 Å². The Morgan fingerprint density at radius 3 is 1.69 bits per heavy atom. The summed E-state index contributed by atoms with van der Waals surface area (Å²) in [4.78, 5) is 12.6. The molecule has 0 aliphatic rings. The lowest BCUT2D eigenvalue weighted by Gasteiger charge is -2.09. The number of carbonyl (C=O) groups is 1. The van der Waals surface area contributed by atoms with Crippen molar-refractivity contribution in [1.29, 1.82) is 15.8 Å². The third-order valence-electron chi connectivity index (χ3n) is 4.92. The highest BCUT2D eigenvalue weighted by atomic mass is 16.5. The van der Waals surface area contributed by atoms with Gasteiger partial charge >= 0.3 is 0 Å². The Morgan fingerprint density at radius 1 is 0.600 bits per heavy atom. The molecule has 4 aromatic carbocycles. The van der Waals surface area contributed by atoms with Gasteiger partial charge < -0.3 is 14.8 Å². The van der Waals surface area contributed by atoms with Crippen LogP contribution in [0.2, 0.25) is 0 Å². The van der Waals surface area contributed by atoms with E-state index in [1.807, 2.05) is 12.1 Å². The number of nitrogens with one attached hydrogen (secondary N) is 1. The minimum atomic E-state index is -0.289. The third kappa shape index (κ3) is 5.62. The number of hydrogen-bond acceptors (Lipinski definition) is 6. The van der Waals surface area contributed by atoms with Gasteiger partial charge in [0, 0.05) is 11.3 Å². The molecule has 0 radical (unpaired) electrons. The van der Waals surface area contributed by atoms with Gasteiger partial charge in [0.05, 0.1) is 22.8 Å². The van der Waals surface area contributed by atoms with Crippen LogP contribution in [0.1, 0.15) is 27.0 Å². The van der Waals surface area contributed by atoms with E-state index >= 15 is 0 Å². The van der Waals surface area contributed by atoms with Crippen LogP contribution >= 0.6 is 0 Å². The van der Waals surface area contributed by atoms with Crippen molar-refractivity contribution in [3.8, 4) is 41.2 Å². The molecule has 0 aliphatic heterocycles. The number of hydrogen-bond donors (Lipinski definition) is 1. The summed E-state index contributed by atoms with van der Waals surface area (Å²) in [5, 5.41) is 29.8. The average molecular weight is 456 g/mol. The van der Waals surface area contributed by atoms with Crippen LogP contribution in [0, 0.1) is 34.0 Å². The molecule has 0 unspecified atom stereocenters. The zero-order valence-corrected chi connectivity index (χ0v) is 18.2. The second-order valence-electron chi connectivity index (χ2n) is 7.27. The first-order valence-electron chi connectivity index (χ1n) is 10.4. The molecule has 0 fully saturated rings. The van der Waals surface area contributed by atoms with Crippen molar-refractivity contribution in [2.75, 3.05) is 5.32 Å². The number of carbonyl (C=O) groups excluding carboxylic acids is 1. The predicted molar refractivity (Wildman–Crippen MR) is 128 cm³/mol. The number of rotatable bonds is 6. The standard InChI is InChI=1S/C28H16N4O3/c29-16-19-1-8-24(9-2-19)34-26-13-6-23(7-14-26)32-28(33)20-3-10-25(11-4-20)35-27-12-5-21(17-30)22(15-27)18-31/h1-15H,(H,32,33). The van der Waals surface area contributed by atoms with E-state index in [4.69, 9.17) is 25.3 Å². The molecule has 0 saturated carbocycles. The van der Waals surface area contributed by atoms with E-state index in [1.165, 1.54) is 12.1 Å². The van der Waals surface area contributed by atoms with Crippen molar-refractivity contribution >= 4 is 11.6 Å². The Labute approximate surface area is 201 Å². The molecule has 0 spiro atoms. The number of benzene rings is 4. The number of anilines is 1. The van der Waals surface area contributed by atoms with E-state index in [9.17, 15) is 4.79 Å². The Morgan fingerprint density at radius 2 is 1.11 bits per heavy atom. The van der Waals surface area contributed by atoms with Gasteiger partial charge in [-0.2, -0.15) is 15.8 Å². The van der Waals surface area contributed by atoms with Crippen molar-refractivity contribution in [2.45, 2.75) is 0 Å². The molecule has 0 aliphatic carbocycles. The summed E-state index contributed by atoms with van der Waals surface area (Å²) in [7, 11) is 0. The van der Waals surface area contributed by atoms with Gasteiger partial charge in [-0.25, -0.2) is 0 Å². The predicted octanol–water partition coefficient (Wildman–Crippen LogP) is 6.14. The van der Waals surface area contributed by atoms with E-state index < -0.39 is 0 Å². The van der Waals surface area contributed by atoms with E-state index in [2.05, 4.69) is 11.4 Å². The minimum absolute atomic E-state index is 0.231. The second-order valence-corrected chi connectivity index (χ2v) is 7.27. The topological polar surface area (TPSA) is 119 Å². The molecule has 0 heterocycles. The Balaban J connectivity index is 1.36. The van der Waals surface area contributed by atoms with Crippen molar-refractivity contribution in [1.82, 2.24) is 0 Å². The maximum absolute atomic E-state index is 12.6. The SMILES string of the molecule is N#Cc1ccc(Oc2ccc(NC(=O)c3ccc(Oc4ccc(C#N)c(C#N)c4)cc3)cc2)cc1. The van der Waals surface area contributed by atoms with E-state index in [0.29, 0.717) is 39.8 Å². The summed E-state index contributed by atoms with van der Waals surface area (Å²) >= 11 is 0. The third-order valence-corrected chi connectivity index (χ3v) is 4.92. The van der Waals surface area contributed by atoms with Crippen LogP contribution in [-0.4, -0.2) is 5.91 Å². The molecule has 7 nitrogen and oxygen atoms in total. The first-order chi connectivity index (χ1) is 17.1. The lowest BCUT2D eigenvalue weighted by molar-refractivity contribution is 0.102. The highest BCUT2D eigenvalue weighted by Crippen LogP contribution is 2.26. The summed E-state index contributed by atoms with van der Waals surface area (Å²) in [6, 6.07) is 30.8. The zero-order valence-electron chi connectivity index (χ0n) is 18.2. The summed E-state index contributed by atoms with van der Waals surface area (Å²) in [6.45, 7) is 0. The van der Waals surface area contributed by atoms with Crippen LogP contribution in [0.3, 0.4) is 0 Å².